The van der Waals surface area contributed by atoms with Crippen LogP contribution in [0.4, 0.5) is 4.79 Å². The Morgan fingerprint density at radius 2 is 2.08 bits per heavy atom. The van der Waals surface area contributed by atoms with E-state index in [0.29, 0.717) is 5.02 Å². The van der Waals surface area contributed by atoms with E-state index in [1.807, 2.05) is 5.43 Å². The van der Waals surface area contributed by atoms with Crippen LogP contribution in [-0.2, 0) is 0 Å². The van der Waals surface area contributed by atoms with Crippen molar-refractivity contribution in [2.24, 2.45) is 5.10 Å². The highest BCUT2D eigenvalue weighted by Gasteiger charge is 1.89. The van der Waals surface area contributed by atoms with Gasteiger partial charge in [-0.05, 0) is 17.7 Å². The van der Waals surface area contributed by atoms with Gasteiger partial charge in [0.1, 0.15) is 0 Å². The number of rotatable bonds is 2. The Labute approximate surface area is 79.8 Å². The highest BCUT2D eigenvalue weighted by molar-refractivity contribution is 6.30. The van der Waals surface area contributed by atoms with Crippen molar-refractivity contribution in [2.75, 3.05) is 0 Å². The lowest BCUT2D eigenvalue weighted by molar-refractivity contribution is 0.195. The summed E-state index contributed by atoms with van der Waals surface area (Å²) in [5, 5.41) is 12.3. The van der Waals surface area contributed by atoms with Crippen LogP contribution >= 0.6 is 11.6 Å². The van der Waals surface area contributed by atoms with Gasteiger partial charge in [-0.2, -0.15) is 5.10 Å². The molecule has 1 rings (SSSR count). The van der Waals surface area contributed by atoms with E-state index < -0.39 is 6.09 Å². The molecule has 0 saturated carbocycles. The first-order valence-electron chi connectivity index (χ1n) is 3.46. The van der Waals surface area contributed by atoms with Gasteiger partial charge in [0, 0.05) is 5.02 Å². The maximum Gasteiger partial charge on any atom is 0.425 e. The first-order chi connectivity index (χ1) is 6.18. The van der Waals surface area contributed by atoms with E-state index in [-0.39, 0.29) is 0 Å². The topological polar surface area (TPSA) is 61.7 Å². The van der Waals surface area contributed by atoms with Crippen LogP contribution in [0.5, 0.6) is 0 Å². The molecule has 0 radical (unpaired) electrons. The van der Waals surface area contributed by atoms with Gasteiger partial charge in [-0.15, -0.1) is 0 Å². The Morgan fingerprint density at radius 3 is 2.62 bits per heavy atom. The van der Waals surface area contributed by atoms with Gasteiger partial charge in [0.15, 0.2) is 0 Å². The number of benzene rings is 1. The summed E-state index contributed by atoms with van der Waals surface area (Å²) in [6, 6.07) is 6.86. The lowest BCUT2D eigenvalue weighted by Crippen LogP contribution is -2.13. The van der Waals surface area contributed by atoms with E-state index in [2.05, 4.69) is 5.10 Å². The summed E-state index contributed by atoms with van der Waals surface area (Å²) in [4.78, 5) is 10.00. The maximum absolute atomic E-state index is 10.00. The second-order valence-corrected chi connectivity index (χ2v) is 2.66. The molecule has 0 spiro atoms. The van der Waals surface area contributed by atoms with Crippen LogP contribution in [0.1, 0.15) is 5.56 Å². The van der Waals surface area contributed by atoms with E-state index in [1.165, 1.54) is 6.21 Å². The van der Waals surface area contributed by atoms with Crippen LogP contribution in [-0.4, -0.2) is 17.4 Å². The molecule has 0 bridgehead atoms. The molecule has 2 N–H and O–H groups in total. The van der Waals surface area contributed by atoms with E-state index in [0.717, 1.165) is 5.56 Å². The van der Waals surface area contributed by atoms with E-state index >= 15 is 0 Å². The number of amides is 1. The molecule has 0 unspecified atom stereocenters. The molecule has 13 heavy (non-hydrogen) atoms. The molecule has 0 aliphatic carbocycles. The third-order valence-electron chi connectivity index (χ3n) is 1.24. The zero-order valence-corrected chi connectivity index (χ0v) is 7.32. The maximum atomic E-state index is 10.00. The molecular formula is C8H7ClN2O2. The Morgan fingerprint density at radius 1 is 1.46 bits per heavy atom. The summed E-state index contributed by atoms with van der Waals surface area (Å²) in [5.74, 6) is 0. The number of halogens is 1. The number of hydrogen-bond donors (Lipinski definition) is 2. The Bertz CT molecular complexity index is 321. The van der Waals surface area contributed by atoms with Crippen LogP contribution < -0.4 is 5.43 Å². The number of hydrogen-bond acceptors (Lipinski definition) is 2. The standard InChI is InChI=1S/C8H7ClN2O2/c9-7-3-1-6(2-4-7)5-10-11-8(12)13/h1-5,11H,(H,12,13)/b10-5+. The predicted molar refractivity (Wildman–Crippen MR) is 50.2 cm³/mol. The van der Waals surface area contributed by atoms with E-state index in [1.54, 1.807) is 24.3 Å². The van der Waals surface area contributed by atoms with Gasteiger partial charge >= 0.3 is 6.09 Å². The number of carboxylic acid groups (broad SMARTS) is 1. The van der Waals surface area contributed by atoms with Crippen LogP contribution in [0.2, 0.25) is 5.02 Å². The minimum atomic E-state index is -1.19. The summed E-state index contributed by atoms with van der Waals surface area (Å²) in [7, 11) is 0. The second-order valence-electron chi connectivity index (χ2n) is 2.23. The van der Waals surface area contributed by atoms with Crippen molar-refractivity contribution in [3.8, 4) is 0 Å². The second kappa shape index (κ2) is 4.47. The number of nitrogens with one attached hydrogen (secondary N) is 1. The van der Waals surface area contributed by atoms with Gasteiger partial charge in [-0.3, -0.25) is 0 Å². The van der Waals surface area contributed by atoms with Crippen LogP contribution in [0, 0.1) is 0 Å². The van der Waals surface area contributed by atoms with Crippen molar-refractivity contribution in [3.05, 3.63) is 34.9 Å². The predicted octanol–water partition coefficient (Wildman–Crippen LogP) is 1.94. The number of carbonyl (C=O) groups is 1. The smallest absolute Gasteiger partial charge is 0.425 e. The fourth-order valence-electron chi connectivity index (χ4n) is 0.711. The summed E-state index contributed by atoms with van der Waals surface area (Å²) in [5.41, 5.74) is 2.64. The molecule has 1 amide bonds. The normalized spacial score (nSPS) is 10.2. The molecule has 4 nitrogen and oxygen atoms in total. The quantitative estimate of drug-likeness (QED) is 0.564. The van der Waals surface area contributed by atoms with Gasteiger partial charge in [0.25, 0.3) is 0 Å². The fraction of sp³-hybridized carbons (Fsp3) is 0. The largest absolute Gasteiger partial charge is 0.464 e. The Kier molecular flexibility index (Phi) is 3.28. The molecule has 0 fully saturated rings. The molecule has 5 heteroatoms. The molecule has 0 saturated heterocycles. The first kappa shape index (κ1) is 9.54. The molecule has 0 aliphatic rings. The van der Waals surface area contributed by atoms with Crippen molar-refractivity contribution < 1.29 is 9.90 Å². The van der Waals surface area contributed by atoms with Crippen molar-refractivity contribution in [2.45, 2.75) is 0 Å². The zero-order chi connectivity index (χ0) is 9.68. The first-order valence-corrected chi connectivity index (χ1v) is 3.84. The summed E-state index contributed by atoms with van der Waals surface area (Å²) in [6.07, 6.45) is 0.204. The highest BCUT2D eigenvalue weighted by atomic mass is 35.5. The summed E-state index contributed by atoms with van der Waals surface area (Å²) in [6.45, 7) is 0. The molecular weight excluding hydrogens is 192 g/mol. The van der Waals surface area contributed by atoms with Crippen LogP contribution in [0.25, 0.3) is 0 Å². The van der Waals surface area contributed by atoms with Crippen molar-refractivity contribution in [1.82, 2.24) is 5.43 Å². The van der Waals surface area contributed by atoms with Crippen LogP contribution in [0.3, 0.4) is 0 Å². The Hall–Kier alpha value is -1.55. The lowest BCUT2D eigenvalue weighted by atomic mass is 10.2. The molecule has 0 aromatic heterocycles. The van der Waals surface area contributed by atoms with E-state index in [4.69, 9.17) is 16.7 Å². The third-order valence-corrected chi connectivity index (χ3v) is 1.50. The monoisotopic (exact) mass is 198 g/mol. The van der Waals surface area contributed by atoms with Gasteiger partial charge in [0.2, 0.25) is 0 Å². The summed E-state index contributed by atoms with van der Waals surface area (Å²) >= 11 is 5.64. The highest BCUT2D eigenvalue weighted by Crippen LogP contribution is 2.07. The lowest BCUT2D eigenvalue weighted by Gasteiger charge is -1.92. The van der Waals surface area contributed by atoms with Crippen molar-refractivity contribution in [3.63, 3.8) is 0 Å². The minimum Gasteiger partial charge on any atom is -0.464 e. The molecule has 1 aromatic rings. The summed E-state index contributed by atoms with van der Waals surface area (Å²) < 4.78 is 0. The van der Waals surface area contributed by atoms with Crippen molar-refractivity contribution >= 4 is 23.9 Å². The number of hydrazone groups is 1. The zero-order valence-electron chi connectivity index (χ0n) is 6.57. The average molecular weight is 199 g/mol. The van der Waals surface area contributed by atoms with Crippen molar-refractivity contribution in [1.29, 1.82) is 0 Å². The number of nitrogens with zero attached hydrogens (tertiary/aromatic N) is 1. The third kappa shape index (κ3) is 3.57. The van der Waals surface area contributed by atoms with E-state index in [9.17, 15) is 4.79 Å². The van der Waals surface area contributed by atoms with Gasteiger partial charge in [-0.1, -0.05) is 23.7 Å². The van der Waals surface area contributed by atoms with Gasteiger partial charge < -0.3 is 5.11 Å². The van der Waals surface area contributed by atoms with Gasteiger partial charge in [-0.25, -0.2) is 10.2 Å². The molecule has 0 atom stereocenters. The molecule has 68 valence electrons. The molecule has 0 aliphatic heterocycles. The molecule has 0 heterocycles. The minimum absolute atomic E-state index is 0.628. The molecule has 1 aromatic carbocycles. The SMILES string of the molecule is O=C(O)N/N=C/c1ccc(Cl)cc1. The van der Waals surface area contributed by atoms with Crippen LogP contribution in [0.15, 0.2) is 29.4 Å². The fourth-order valence-corrected chi connectivity index (χ4v) is 0.837. The van der Waals surface area contributed by atoms with Gasteiger partial charge in [0.05, 0.1) is 6.21 Å². The Balaban J connectivity index is 2.59. The average Bonchev–Trinajstić information content (AvgIpc) is 2.08.